The zero-order chi connectivity index (χ0) is 22.0. The van der Waals surface area contributed by atoms with Gasteiger partial charge in [-0.3, -0.25) is 9.59 Å². The molecule has 1 saturated heterocycles. The van der Waals surface area contributed by atoms with Gasteiger partial charge in [0.15, 0.2) is 0 Å². The zero-order valence-corrected chi connectivity index (χ0v) is 18.5. The summed E-state index contributed by atoms with van der Waals surface area (Å²) in [5, 5.41) is 1.10. The fourth-order valence-electron chi connectivity index (χ4n) is 4.02. The van der Waals surface area contributed by atoms with Crippen LogP contribution in [0.3, 0.4) is 0 Å². The third kappa shape index (κ3) is 4.56. The van der Waals surface area contributed by atoms with Crippen molar-refractivity contribution in [1.82, 2.24) is 9.80 Å². The maximum absolute atomic E-state index is 13.3. The quantitative estimate of drug-likeness (QED) is 0.566. The first-order chi connectivity index (χ1) is 14.9. The second kappa shape index (κ2) is 9.06. The maximum atomic E-state index is 13.3. The van der Waals surface area contributed by atoms with Gasteiger partial charge in [-0.1, -0.05) is 18.2 Å². The second-order valence-corrected chi connectivity index (χ2v) is 8.87. The minimum atomic E-state index is -0.313. The Hall–Kier alpha value is -2.93. The Morgan fingerprint density at radius 2 is 1.94 bits per heavy atom. The fraction of sp³-hybridized carbons (Fsp3) is 0.333. The number of carbonyl (C=O) groups excluding carboxylic acids is 2. The molecule has 2 heterocycles. The van der Waals surface area contributed by atoms with E-state index in [0.717, 1.165) is 33.5 Å². The van der Waals surface area contributed by atoms with Crippen molar-refractivity contribution < 1.29 is 18.7 Å². The van der Waals surface area contributed by atoms with Crippen LogP contribution in [0.4, 0.5) is 4.39 Å². The average Bonchev–Trinajstić information content (AvgIpc) is 3.39. The van der Waals surface area contributed by atoms with Crippen molar-refractivity contribution in [2.45, 2.75) is 19.3 Å². The highest BCUT2D eigenvalue weighted by Crippen LogP contribution is 2.40. The van der Waals surface area contributed by atoms with Crippen molar-refractivity contribution in [3.8, 4) is 5.75 Å². The summed E-state index contributed by atoms with van der Waals surface area (Å²) in [7, 11) is 1.76. The number of amides is 2. The summed E-state index contributed by atoms with van der Waals surface area (Å²) in [5.41, 5.74) is 1.06. The summed E-state index contributed by atoms with van der Waals surface area (Å²) >= 11 is 1.51. The number of thiophene rings is 1. The number of benzene rings is 2. The molecule has 0 bridgehead atoms. The summed E-state index contributed by atoms with van der Waals surface area (Å²) in [6.07, 6.45) is 0.859. The summed E-state index contributed by atoms with van der Waals surface area (Å²) in [6, 6.07) is 13.9. The molecule has 0 N–H and O–H groups in total. The number of fused-ring (bicyclic) bond motifs is 1. The van der Waals surface area contributed by atoms with Crippen molar-refractivity contribution >= 4 is 33.2 Å². The highest BCUT2D eigenvalue weighted by atomic mass is 32.1. The summed E-state index contributed by atoms with van der Waals surface area (Å²) in [6.45, 7) is 3.69. The van der Waals surface area contributed by atoms with Crippen molar-refractivity contribution in [2.75, 3.05) is 33.3 Å². The van der Waals surface area contributed by atoms with Crippen molar-refractivity contribution in [3.63, 3.8) is 0 Å². The van der Waals surface area contributed by atoms with Crippen molar-refractivity contribution in [1.29, 1.82) is 0 Å². The number of likely N-dealkylation sites (tertiary alicyclic amines) is 1. The smallest absolute Gasteiger partial charge is 0.264 e. The highest BCUT2D eigenvalue weighted by Gasteiger charge is 2.32. The Labute approximate surface area is 185 Å². The van der Waals surface area contributed by atoms with Gasteiger partial charge in [0.05, 0.1) is 11.4 Å². The number of hydrogen-bond acceptors (Lipinski definition) is 4. The van der Waals surface area contributed by atoms with E-state index in [0.29, 0.717) is 25.4 Å². The molecular weight excluding hydrogens is 415 g/mol. The molecular formula is C24H25FN2O3S. The molecule has 0 spiro atoms. The van der Waals surface area contributed by atoms with Crippen LogP contribution in [0.25, 0.3) is 10.1 Å². The standard InChI is InChI=1S/C24H25FN2O3S/c1-16(28)27-12-11-17(15-27)22-20-5-3-4-6-21(20)31-23(22)24(29)26(2)13-14-30-19-9-7-18(25)8-10-19/h3-10,17H,11-15H2,1-2H3. The van der Waals surface area contributed by atoms with E-state index < -0.39 is 0 Å². The molecule has 3 aromatic rings. The zero-order valence-electron chi connectivity index (χ0n) is 17.6. The SMILES string of the molecule is CC(=O)N1CCC(c2c(C(=O)N(C)CCOc3ccc(F)cc3)sc3ccccc23)C1. The van der Waals surface area contributed by atoms with E-state index in [1.807, 2.05) is 23.1 Å². The minimum Gasteiger partial charge on any atom is -0.492 e. The summed E-state index contributed by atoms with van der Waals surface area (Å²) in [4.78, 5) is 29.4. The molecule has 1 aliphatic rings. The lowest BCUT2D eigenvalue weighted by Crippen LogP contribution is -2.31. The number of hydrogen-bond donors (Lipinski definition) is 0. The first-order valence-electron chi connectivity index (χ1n) is 10.3. The van der Waals surface area contributed by atoms with Gasteiger partial charge in [0.2, 0.25) is 5.91 Å². The number of nitrogens with zero attached hydrogens (tertiary/aromatic N) is 2. The molecule has 0 saturated carbocycles. The molecule has 1 aliphatic heterocycles. The number of rotatable bonds is 6. The Balaban J connectivity index is 1.51. The Morgan fingerprint density at radius 1 is 1.19 bits per heavy atom. The van der Waals surface area contributed by atoms with Crippen LogP contribution in [0.1, 0.15) is 34.5 Å². The average molecular weight is 441 g/mol. The molecule has 1 aromatic heterocycles. The number of ether oxygens (including phenoxy) is 1. The molecule has 0 aliphatic carbocycles. The largest absolute Gasteiger partial charge is 0.492 e. The summed E-state index contributed by atoms with van der Waals surface area (Å²) in [5.74, 6) is 0.445. The molecule has 2 aromatic carbocycles. The second-order valence-electron chi connectivity index (χ2n) is 7.82. The van der Waals surface area contributed by atoms with E-state index in [9.17, 15) is 14.0 Å². The molecule has 1 fully saturated rings. The number of carbonyl (C=O) groups is 2. The highest BCUT2D eigenvalue weighted by molar-refractivity contribution is 7.21. The van der Waals surface area contributed by atoms with Crippen LogP contribution in [0.5, 0.6) is 5.75 Å². The van der Waals surface area contributed by atoms with Crippen LogP contribution in [0.15, 0.2) is 48.5 Å². The lowest BCUT2D eigenvalue weighted by molar-refractivity contribution is -0.127. The lowest BCUT2D eigenvalue weighted by atomic mass is 9.95. The van der Waals surface area contributed by atoms with E-state index in [2.05, 4.69) is 6.07 Å². The van der Waals surface area contributed by atoms with Crippen molar-refractivity contribution in [3.05, 3.63) is 64.8 Å². The lowest BCUT2D eigenvalue weighted by Gasteiger charge is -2.19. The number of halogens is 1. The van der Waals surface area contributed by atoms with Crippen LogP contribution in [-0.4, -0.2) is 54.9 Å². The van der Waals surface area contributed by atoms with Gasteiger partial charge in [0.25, 0.3) is 5.91 Å². The first-order valence-corrected chi connectivity index (χ1v) is 11.2. The Kier molecular flexibility index (Phi) is 6.23. The Morgan fingerprint density at radius 3 is 2.65 bits per heavy atom. The van der Waals surface area contributed by atoms with Gasteiger partial charge in [-0.05, 0) is 47.7 Å². The normalized spacial score (nSPS) is 16.0. The topological polar surface area (TPSA) is 49.9 Å². The fourth-order valence-corrected chi connectivity index (χ4v) is 5.30. The molecule has 4 rings (SSSR count). The van der Waals surface area contributed by atoms with Crippen LogP contribution < -0.4 is 4.74 Å². The van der Waals surface area contributed by atoms with Crippen LogP contribution in [0.2, 0.25) is 0 Å². The van der Waals surface area contributed by atoms with Crippen LogP contribution in [0, 0.1) is 5.82 Å². The van der Waals surface area contributed by atoms with E-state index in [4.69, 9.17) is 4.74 Å². The van der Waals surface area contributed by atoms with Gasteiger partial charge in [-0.25, -0.2) is 4.39 Å². The molecule has 7 heteroatoms. The molecule has 162 valence electrons. The van der Waals surface area contributed by atoms with E-state index in [1.165, 1.54) is 23.5 Å². The third-order valence-corrected chi connectivity index (χ3v) is 6.90. The van der Waals surface area contributed by atoms with Gasteiger partial charge in [-0.2, -0.15) is 0 Å². The molecule has 2 amide bonds. The third-order valence-electron chi connectivity index (χ3n) is 5.73. The van der Waals surface area contributed by atoms with Crippen molar-refractivity contribution in [2.24, 2.45) is 0 Å². The molecule has 31 heavy (non-hydrogen) atoms. The van der Waals surface area contributed by atoms with Gasteiger partial charge >= 0.3 is 0 Å². The van der Waals surface area contributed by atoms with E-state index in [1.54, 1.807) is 31.0 Å². The molecule has 0 radical (unpaired) electrons. The van der Waals surface area contributed by atoms with Gasteiger partial charge in [0.1, 0.15) is 18.2 Å². The van der Waals surface area contributed by atoms with E-state index >= 15 is 0 Å². The van der Waals surface area contributed by atoms with Crippen LogP contribution in [-0.2, 0) is 4.79 Å². The van der Waals surface area contributed by atoms with Crippen LogP contribution >= 0.6 is 11.3 Å². The molecule has 5 nitrogen and oxygen atoms in total. The predicted octanol–water partition coefficient (Wildman–Crippen LogP) is 4.53. The maximum Gasteiger partial charge on any atom is 0.264 e. The van der Waals surface area contributed by atoms with Gasteiger partial charge < -0.3 is 14.5 Å². The predicted molar refractivity (Wildman–Crippen MR) is 120 cm³/mol. The monoisotopic (exact) mass is 440 g/mol. The van der Waals surface area contributed by atoms with E-state index in [-0.39, 0.29) is 23.5 Å². The van der Waals surface area contributed by atoms with Gasteiger partial charge in [0, 0.05) is 37.7 Å². The molecule has 1 atom stereocenters. The minimum absolute atomic E-state index is 0.0415. The van der Waals surface area contributed by atoms with Gasteiger partial charge in [-0.15, -0.1) is 11.3 Å². The Bertz CT molecular complexity index is 1100. The first kappa shape index (κ1) is 21.3. The molecule has 1 unspecified atom stereocenters. The number of likely N-dealkylation sites (N-methyl/N-ethyl adjacent to an activating group) is 1. The summed E-state index contributed by atoms with van der Waals surface area (Å²) < 4.78 is 19.8.